The summed E-state index contributed by atoms with van der Waals surface area (Å²) < 4.78 is 5.33. The molecule has 0 spiro atoms. The molecule has 0 heterocycles. The van der Waals surface area contributed by atoms with Crippen molar-refractivity contribution in [1.82, 2.24) is 0 Å². The van der Waals surface area contributed by atoms with Gasteiger partial charge in [-0.1, -0.05) is 46.4 Å². The summed E-state index contributed by atoms with van der Waals surface area (Å²) in [5.74, 6) is -0.495. The van der Waals surface area contributed by atoms with Gasteiger partial charge in [0.25, 0.3) is 5.69 Å². The van der Waals surface area contributed by atoms with Crippen molar-refractivity contribution in [3.8, 4) is 11.5 Å². The molecule has 0 atom stereocenters. The van der Waals surface area contributed by atoms with Gasteiger partial charge in [-0.3, -0.25) is 20.2 Å². The van der Waals surface area contributed by atoms with Crippen LogP contribution in [0.5, 0.6) is 11.5 Å². The lowest BCUT2D eigenvalue weighted by molar-refractivity contribution is -0.394. The van der Waals surface area contributed by atoms with Crippen LogP contribution in [-0.2, 0) is 0 Å². The molecule has 0 radical (unpaired) electrons. The third kappa shape index (κ3) is 3.59. The summed E-state index contributed by atoms with van der Waals surface area (Å²) in [7, 11) is 0. The Hall–Kier alpha value is -1.80. The molecule has 7 nitrogen and oxygen atoms in total. The van der Waals surface area contributed by atoms with E-state index in [1.807, 2.05) is 0 Å². The van der Waals surface area contributed by atoms with E-state index < -0.39 is 21.2 Å². The van der Waals surface area contributed by atoms with Crippen LogP contribution < -0.4 is 4.74 Å². The van der Waals surface area contributed by atoms with Gasteiger partial charge < -0.3 is 4.74 Å². The van der Waals surface area contributed by atoms with Gasteiger partial charge in [-0.2, -0.15) is 0 Å². The quantitative estimate of drug-likeness (QED) is 0.363. The third-order valence-electron chi connectivity index (χ3n) is 2.63. The molecule has 2 rings (SSSR count). The normalized spacial score (nSPS) is 10.4. The molecule has 0 aliphatic heterocycles. The molecule has 0 aromatic heterocycles. The summed E-state index contributed by atoms with van der Waals surface area (Å²) in [5.41, 5.74) is -1.10. The van der Waals surface area contributed by atoms with Gasteiger partial charge in [0.05, 0.1) is 26.0 Å². The van der Waals surface area contributed by atoms with Gasteiger partial charge in [0, 0.05) is 6.07 Å². The number of nitro benzene ring substituents is 2. The Morgan fingerprint density at radius 3 is 1.91 bits per heavy atom. The number of hydrogen-bond donors (Lipinski definition) is 0. The minimum Gasteiger partial charge on any atom is -0.447 e. The Labute approximate surface area is 148 Å². The van der Waals surface area contributed by atoms with E-state index in [-0.39, 0.29) is 31.6 Å². The largest absolute Gasteiger partial charge is 0.447 e. The van der Waals surface area contributed by atoms with Gasteiger partial charge in [0.1, 0.15) is 10.0 Å². The van der Waals surface area contributed by atoms with E-state index in [0.717, 1.165) is 18.2 Å². The fraction of sp³-hybridized carbons (Fsp3) is 0. The molecule has 0 amide bonds. The van der Waals surface area contributed by atoms with Crippen molar-refractivity contribution in [2.75, 3.05) is 0 Å². The van der Waals surface area contributed by atoms with Gasteiger partial charge in [-0.05, 0) is 12.1 Å². The Bertz CT molecular complexity index is 801. The highest BCUT2D eigenvalue weighted by Gasteiger charge is 2.24. The number of hydrogen-bond acceptors (Lipinski definition) is 5. The Balaban J connectivity index is 2.57. The van der Waals surface area contributed by atoms with E-state index in [9.17, 15) is 20.2 Å². The van der Waals surface area contributed by atoms with Crippen LogP contribution in [0.3, 0.4) is 0 Å². The van der Waals surface area contributed by atoms with Crippen molar-refractivity contribution in [1.29, 1.82) is 0 Å². The first-order valence-electron chi connectivity index (χ1n) is 5.66. The van der Waals surface area contributed by atoms with Crippen molar-refractivity contribution in [2.24, 2.45) is 0 Å². The van der Waals surface area contributed by atoms with Crippen LogP contribution in [0.15, 0.2) is 24.3 Å². The summed E-state index contributed by atoms with van der Waals surface area (Å²) in [4.78, 5) is 20.2. The lowest BCUT2D eigenvalue weighted by Crippen LogP contribution is -1.97. The minimum atomic E-state index is -0.837. The first kappa shape index (κ1) is 17.6. The van der Waals surface area contributed by atoms with Crippen molar-refractivity contribution in [3.05, 3.63) is 64.6 Å². The molecular formula is C12H4Cl4N2O5. The second-order valence-corrected chi connectivity index (χ2v) is 5.64. The van der Waals surface area contributed by atoms with Crippen molar-refractivity contribution >= 4 is 57.8 Å². The van der Waals surface area contributed by atoms with Gasteiger partial charge in [-0.25, -0.2) is 0 Å². The van der Waals surface area contributed by atoms with E-state index in [1.165, 1.54) is 6.07 Å². The number of rotatable bonds is 4. The maximum Gasteiger partial charge on any atom is 0.318 e. The zero-order valence-electron chi connectivity index (χ0n) is 10.8. The van der Waals surface area contributed by atoms with Gasteiger partial charge in [-0.15, -0.1) is 0 Å². The average Bonchev–Trinajstić information content (AvgIpc) is 2.49. The number of benzene rings is 2. The molecule has 0 saturated carbocycles. The monoisotopic (exact) mass is 396 g/mol. The lowest BCUT2D eigenvalue weighted by atomic mass is 10.2. The van der Waals surface area contributed by atoms with Gasteiger partial charge in [0.15, 0.2) is 5.75 Å². The zero-order valence-corrected chi connectivity index (χ0v) is 13.8. The molecule has 0 saturated heterocycles. The fourth-order valence-corrected chi connectivity index (χ4v) is 2.47. The maximum absolute atomic E-state index is 11.1. The van der Waals surface area contributed by atoms with Crippen LogP contribution in [-0.4, -0.2) is 9.85 Å². The second-order valence-electron chi connectivity index (χ2n) is 4.07. The summed E-state index contributed by atoms with van der Waals surface area (Å²) in [6.07, 6.45) is 0. The van der Waals surface area contributed by atoms with E-state index in [1.54, 1.807) is 0 Å². The first-order valence-corrected chi connectivity index (χ1v) is 7.17. The molecule has 23 heavy (non-hydrogen) atoms. The molecule has 120 valence electrons. The summed E-state index contributed by atoms with van der Waals surface area (Å²) >= 11 is 23.6. The standard InChI is InChI=1S/C12H4Cl4N2O5/c13-6-4-7(14)11(16)12(10(6)15)23-9-2-1-5(17(19)20)3-8(9)18(21)22/h1-4H. The third-order valence-corrected chi connectivity index (χ3v) is 4.17. The van der Waals surface area contributed by atoms with Crippen LogP contribution in [0.1, 0.15) is 0 Å². The Kier molecular flexibility index (Phi) is 5.16. The predicted molar refractivity (Wildman–Crippen MR) is 86.3 cm³/mol. The molecule has 0 unspecified atom stereocenters. The summed E-state index contributed by atoms with van der Waals surface area (Å²) in [6, 6.07) is 4.13. The SMILES string of the molecule is O=[N+]([O-])c1ccc(Oc2c(Cl)c(Cl)cc(Cl)c2Cl)c([N+](=O)[O-])c1. The highest BCUT2D eigenvalue weighted by molar-refractivity contribution is 6.48. The number of halogens is 4. The topological polar surface area (TPSA) is 95.5 Å². The van der Waals surface area contributed by atoms with E-state index in [4.69, 9.17) is 51.1 Å². The smallest absolute Gasteiger partial charge is 0.318 e. The van der Waals surface area contributed by atoms with Crippen LogP contribution in [0.4, 0.5) is 11.4 Å². The molecule has 0 aliphatic carbocycles. The Morgan fingerprint density at radius 1 is 0.870 bits per heavy atom. The van der Waals surface area contributed by atoms with E-state index in [0.29, 0.717) is 0 Å². The minimum absolute atomic E-state index is 0.0284. The van der Waals surface area contributed by atoms with Crippen LogP contribution in [0.25, 0.3) is 0 Å². The molecular weight excluding hydrogens is 394 g/mol. The molecule has 11 heteroatoms. The Morgan fingerprint density at radius 2 is 1.43 bits per heavy atom. The van der Waals surface area contributed by atoms with E-state index >= 15 is 0 Å². The van der Waals surface area contributed by atoms with Crippen LogP contribution in [0.2, 0.25) is 20.1 Å². The average molecular weight is 398 g/mol. The molecule has 0 fully saturated rings. The predicted octanol–water partition coefficient (Wildman–Crippen LogP) is 5.91. The number of nitro groups is 2. The number of non-ortho nitro benzene ring substituents is 1. The zero-order chi connectivity index (χ0) is 17.3. The number of nitrogens with zero attached hydrogens (tertiary/aromatic N) is 2. The maximum atomic E-state index is 11.1. The second kappa shape index (κ2) is 6.76. The fourth-order valence-electron chi connectivity index (χ4n) is 1.60. The molecule has 0 aliphatic rings. The van der Waals surface area contributed by atoms with Crippen LogP contribution >= 0.6 is 46.4 Å². The van der Waals surface area contributed by atoms with Gasteiger partial charge >= 0.3 is 5.69 Å². The van der Waals surface area contributed by atoms with Crippen molar-refractivity contribution < 1.29 is 14.6 Å². The highest BCUT2D eigenvalue weighted by atomic mass is 35.5. The summed E-state index contributed by atoms with van der Waals surface area (Å²) in [5, 5.41) is 21.6. The van der Waals surface area contributed by atoms with Gasteiger partial charge in [0.2, 0.25) is 5.75 Å². The van der Waals surface area contributed by atoms with Crippen molar-refractivity contribution in [3.63, 3.8) is 0 Å². The molecule has 0 N–H and O–H groups in total. The van der Waals surface area contributed by atoms with Crippen molar-refractivity contribution in [2.45, 2.75) is 0 Å². The van der Waals surface area contributed by atoms with Crippen LogP contribution in [0, 0.1) is 20.2 Å². The first-order chi connectivity index (χ1) is 10.7. The summed E-state index contributed by atoms with van der Waals surface area (Å²) in [6.45, 7) is 0. The molecule has 2 aromatic carbocycles. The highest BCUT2D eigenvalue weighted by Crippen LogP contribution is 2.46. The molecule has 2 aromatic rings. The lowest BCUT2D eigenvalue weighted by Gasteiger charge is -2.11. The molecule has 0 bridgehead atoms. The van der Waals surface area contributed by atoms with E-state index in [2.05, 4.69) is 0 Å². The number of ether oxygens (including phenoxy) is 1.